The highest BCUT2D eigenvalue weighted by Gasteiger charge is 1.86. The molecule has 3 heteroatoms. The van der Waals surface area contributed by atoms with Gasteiger partial charge in [-0.3, -0.25) is 5.32 Å². The maximum Gasteiger partial charge on any atom is 0.102 e. The first-order valence-electron chi connectivity index (χ1n) is 2.73. The maximum atomic E-state index is 8.62. The molecule has 0 heterocycles. The molecular weight excluding hydrogens is 116 g/mol. The van der Waals surface area contributed by atoms with Gasteiger partial charge in [0.15, 0.2) is 0 Å². The highest BCUT2D eigenvalue weighted by atomic mass is 16.3. The van der Waals surface area contributed by atoms with Crippen LogP contribution in [0.5, 0.6) is 0 Å². The van der Waals surface area contributed by atoms with E-state index in [4.69, 9.17) is 10.4 Å². The van der Waals surface area contributed by atoms with Crippen LogP contribution in [0.15, 0.2) is 12.2 Å². The molecule has 0 saturated carbocycles. The van der Waals surface area contributed by atoms with E-state index < -0.39 is 6.23 Å². The van der Waals surface area contributed by atoms with E-state index in [2.05, 4.69) is 5.32 Å². The fourth-order valence-electron chi connectivity index (χ4n) is 0.350. The molecule has 0 aromatic rings. The van der Waals surface area contributed by atoms with Gasteiger partial charge in [0.1, 0.15) is 6.23 Å². The molecule has 9 heavy (non-hydrogen) atoms. The lowest BCUT2D eigenvalue weighted by molar-refractivity contribution is 0.162. The molecule has 0 bridgehead atoms. The minimum absolute atomic E-state index is 0.506. The van der Waals surface area contributed by atoms with Gasteiger partial charge in [-0.1, -0.05) is 6.08 Å². The molecule has 1 unspecified atom stereocenters. The van der Waals surface area contributed by atoms with E-state index in [1.54, 1.807) is 13.0 Å². The van der Waals surface area contributed by atoms with E-state index in [9.17, 15) is 0 Å². The number of nitriles is 1. The van der Waals surface area contributed by atoms with Crippen LogP contribution in [-0.4, -0.2) is 17.9 Å². The lowest BCUT2D eigenvalue weighted by Gasteiger charge is -2.01. The molecule has 1 atom stereocenters. The van der Waals surface area contributed by atoms with Gasteiger partial charge >= 0.3 is 0 Å². The predicted molar refractivity (Wildman–Crippen MR) is 34.4 cm³/mol. The zero-order valence-electron chi connectivity index (χ0n) is 5.33. The van der Waals surface area contributed by atoms with Crippen LogP contribution in [0, 0.1) is 11.3 Å². The average Bonchev–Trinajstić information content (AvgIpc) is 1.80. The van der Waals surface area contributed by atoms with Gasteiger partial charge in [-0.2, -0.15) is 5.26 Å². The average molecular weight is 126 g/mol. The summed E-state index contributed by atoms with van der Waals surface area (Å²) < 4.78 is 0. The molecule has 0 aliphatic carbocycles. The van der Waals surface area contributed by atoms with Crippen molar-refractivity contribution >= 4 is 0 Å². The van der Waals surface area contributed by atoms with E-state index in [-0.39, 0.29) is 0 Å². The molecule has 0 saturated heterocycles. The maximum absolute atomic E-state index is 8.62. The summed E-state index contributed by atoms with van der Waals surface area (Å²) in [6.45, 7) is 2.16. The summed E-state index contributed by atoms with van der Waals surface area (Å²) in [5.41, 5.74) is 0. The number of nitrogens with zero attached hydrogens (tertiary/aromatic N) is 1. The molecule has 0 aliphatic rings. The van der Waals surface area contributed by atoms with E-state index in [1.165, 1.54) is 6.08 Å². The third-order valence-electron chi connectivity index (χ3n) is 0.724. The topological polar surface area (TPSA) is 56.0 Å². The second-order valence-electron chi connectivity index (χ2n) is 1.62. The van der Waals surface area contributed by atoms with Crippen molar-refractivity contribution in [3.05, 3.63) is 12.2 Å². The van der Waals surface area contributed by atoms with Gasteiger partial charge in [0.05, 0.1) is 6.07 Å². The van der Waals surface area contributed by atoms with Crippen LogP contribution >= 0.6 is 0 Å². The quantitative estimate of drug-likeness (QED) is 0.413. The molecule has 0 amide bonds. The summed E-state index contributed by atoms with van der Waals surface area (Å²) in [5, 5.41) is 19.3. The zero-order valence-corrected chi connectivity index (χ0v) is 5.33. The van der Waals surface area contributed by atoms with Gasteiger partial charge in [0, 0.05) is 12.6 Å². The second-order valence-corrected chi connectivity index (χ2v) is 1.62. The Balaban J connectivity index is 3.12. The molecular formula is C6H10N2O. The van der Waals surface area contributed by atoms with Crippen molar-refractivity contribution < 1.29 is 5.11 Å². The zero-order chi connectivity index (χ0) is 7.11. The van der Waals surface area contributed by atoms with Crippen LogP contribution < -0.4 is 5.32 Å². The summed E-state index contributed by atoms with van der Waals surface area (Å²) in [5.74, 6) is 0. The van der Waals surface area contributed by atoms with Gasteiger partial charge in [-0.05, 0) is 6.92 Å². The van der Waals surface area contributed by atoms with Crippen LogP contribution in [-0.2, 0) is 0 Å². The molecule has 0 aromatic heterocycles. The van der Waals surface area contributed by atoms with Crippen LogP contribution in [0.2, 0.25) is 0 Å². The number of hydrogen-bond donors (Lipinski definition) is 2. The Bertz CT molecular complexity index is 124. The van der Waals surface area contributed by atoms with Crippen molar-refractivity contribution in [3.8, 4) is 6.07 Å². The van der Waals surface area contributed by atoms with Gasteiger partial charge in [-0.25, -0.2) is 0 Å². The molecule has 2 N–H and O–H groups in total. The van der Waals surface area contributed by atoms with Crippen molar-refractivity contribution in [2.45, 2.75) is 13.2 Å². The Kier molecular flexibility index (Phi) is 4.79. The Morgan fingerprint density at radius 1 is 1.89 bits per heavy atom. The minimum atomic E-state index is -0.506. The summed E-state index contributed by atoms with van der Waals surface area (Å²) >= 11 is 0. The Morgan fingerprint density at radius 3 is 3.00 bits per heavy atom. The summed E-state index contributed by atoms with van der Waals surface area (Å²) in [7, 11) is 0. The van der Waals surface area contributed by atoms with Crippen LogP contribution in [0.25, 0.3) is 0 Å². The van der Waals surface area contributed by atoms with E-state index in [0.717, 1.165) is 0 Å². The van der Waals surface area contributed by atoms with Gasteiger partial charge in [0.25, 0.3) is 0 Å². The van der Waals surface area contributed by atoms with Crippen molar-refractivity contribution in [1.29, 1.82) is 5.26 Å². The summed E-state index contributed by atoms with van der Waals surface area (Å²) in [6, 6.07) is 1.84. The smallest absolute Gasteiger partial charge is 0.102 e. The van der Waals surface area contributed by atoms with Crippen molar-refractivity contribution in [1.82, 2.24) is 5.32 Å². The molecule has 3 nitrogen and oxygen atoms in total. The molecule has 0 spiro atoms. The third kappa shape index (κ3) is 7.15. The first kappa shape index (κ1) is 8.15. The number of nitrogens with one attached hydrogen (secondary N) is 1. The fraction of sp³-hybridized carbons (Fsp3) is 0.500. The first-order valence-corrected chi connectivity index (χ1v) is 2.73. The molecule has 0 aromatic carbocycles. The number of rotatable bonds is 3. The number of aliphatic hydroxyl groups excluding tert-OH is 1. The second kappa shape index (κ2) is 5.29. The van der Waals surface area contributed by atoms with Crippen LogP contribution in [0.4, 0.5) is 0 Å². The minimum Gasteiger partial charge on any atom is -0.379 e. The predicted octanol–water partition coefficient (Wildman–Crippen LogP) is -0.00592. The number of hydrogen-bond acceptors (Lipinski definition) is 3. The van der Waals surface area contributed by atoms with Gasteiger partial charge in [-0.15, -0.1) is 0 Å². The standard InChI is InChI=1S/C6H10N2O/c1-6(9)8-5-3-2-4-7/h2-3,6,8-9H,5H2,1H3. The van der Waals surface area contributed by atoms with E-state index >= 15 is 0 Å². The normalized spacial score (nSPS) is 13.4. The van der Waals surface area contributed by atoms with E-state index in [1.807, 2.05) is 6.07 Å². The Hall–Kier alpha value is -0.850. The lowest BCUT2D eigenvalue weighted by Crippen LogP contribution is -2.24. The molecule has 0 radical (unpaired) electrons. The Morgan fingerprint density at radius 2 is 2.56 bits per heavy atom. The molecule has 0 rings (SSSR count). The molecule has 50 valence electrons. The van der Waals surface area contributed by atoms with Crippen molar-refractivity contribution in [2.24, 2.45) is 0 Å². The summed E-state index contributed by atoms with van der Waals surface area (Å²) in [4.78, 5) is 0. The van der Waals surface area contributed by atoms with Gasteiger partial charge in [0.2, 0.25) is 0 Å². The first-order chi connectivity index (χ1) is 4.27. The number of allylic oxidation sites excluding steroid dienone is 1. The van der Waals surface area contributed by atoms with Crippen LogP contribution in [0.1, 0.15) is 6.92 Å². The van der Waals surface area contributed by atoms with Crippen molar-refractivity contribution in [2.75, 3.05) is 6.54 Å². The van der Waals surface area contributed by atoms with E-state index in [0.29, 0.717) is 6.54 Å². The van der Waals surface area contributed by atoms with Crippen molar-refractivity contribution in [3.63, 3.8) is 0 Å². The van der Waals surface area contributed by atoms with Gasteiger partial charge < -0.3 is 5.11 Å². The SMILES string of the molecule is CC(O)NCC=CC#N. The fourth-order valence-corrected chi connectivity index (χ4v) is 0.350. The monoisotopic (exact) mass is 126 g/mol. The highest BCUT2D eigenvalue weighted by Crippen LogP contribution is 1.71. The molecule has 0 aliphatic heterocycles. The molecule has 0 fully saturated rings. The highest BCUT2D eigenvalue weighted by molar-refractivity contribution is 5.02. The largest absolute Gasteiger partial charge is 0.379 e. The Labute approximate surface area is 54.6 Å². The summed E-state index contributed by atoms with van der Waals surface area (Å²) in [6.07, 6.45) is 2.51. The van der Waals surface area contributed by atoms with Crippen LogP contribution in [0.3, 0.4) is 0 Å². The lowest BCUT2D eigenvalue weighted by atomic mass is 10.5. The number of aliphatic hydroxyl groups is 1. The third-order valence-corrected chi connectivity index (χ3v) is 0.724.